The van der Waals surface area contributed by atoms with E-state index in [0.29, 0.717) is 12.3 Å². The van der Waals surface area contributed by atoms with Gasteiger partial charge in [-0.05, 0) is 55.8 Å². The first kappa shape index (κ1) is 16.5. The second-order valence-electron chi connectivity index (χ2n) is 5.17. The van der Waals surface area contributed by atoms with E-state index in [1.807, 2.05) is 11.9 Å². The van der Waals surface area contributed by atoms with Crippen LogP contribution >= 0.6 is 23.7 Å². The Morgan fingerprint density at radius 3 is 2.74 bits per heavy atom. The van der Waals surface area contributed by atoms with Gasteiger partial charge in [-0.2, -0.15) is 0 Å². The molecule has 0 aromatic carbocycles. The van der Waals surface area contributed by atoms with Gasteiger partial charge < -0.3 is 10.2 Å². The average Bonchev–Trinajstić information content (AvgIpc) is 2.76. The summed E-state index contributed by atoms with van der Waals surface area (Å²) >= 11 is 1.74. The lowest BCUT2D eigenvalue weighted by molar-refractivity contribution is -0.131. The van der Waals surface area contributed by atoms with Crippen LogP contribution in [0.2, 0.25) is 0 Å². The highest BCUT2D eigenvalue weighted by atomic mass is 35.5. The SMILES string of the molecule is Cc1ccsc1CN(C)C(=O)CC1CCNCC1.Cl. The van der Waals surface area contributed by atoms with Gasteiger partial charge in [-0.25, -0.2) is 0 Å². The summed E-state index contributed by atoms with van der Waals surface area (Å²) in [4.78, 5) is 15.3. The van der Waals surface area contributed by atoms with Crippen molar-refractivity contribution in [2.45, 2.75) is 32.7 Å². The Morgan fingerprint density at radius 1 is 1.47 bits per heavy atom. The monoisotopic (exact) mass is 302 g/mol. The normalized spacial score (nSPS) is 15.9. The number of aryl methyl sites for hydroxylation is 1. The van der Waals surface area contributed by atoms with Crippen LogP contribution in [0.4, 0.5) is 0 Å². The minimum absolute atomic E-state index is 0. The Morgan fingerprint density at radius 2 is 2.16 bits per heavy atom. The van der Waals surface area contributed by atoms with E-state index >= 15 is 0 Å². The fourth-order valence-electron chi connectivity index (χ4n) is 2.36. The van der Waals surface area contributed by atoms with E-state index in [9.17, 15) is 4.79 Å². The number of thiophene rings is 1. The van der Waals surface area contributed by atoms with Gasteiger partial charge in [-0.1, -0.05) is 0 Å². The zero-order chi connectivity index (χ0) is 13.0. The summed E-state index contributed by atoms with van der Waals surface area (Å²) in [5.74, 6) is 0.861. The molecule has 1 aromatic heterocycles. The van der Waals surface area contributed by atoms with Gasteiger partial charge >= 0.3 is 0 Å². The predicted octanol–water partition coefficient (Wildman–Crippen LogP) is 2.83. The van der Waals surface area contributed by atoms with E-state index in [4.69, 9.17) is 0 Å². The van der Waals surface area contributed by atoms with Crippen molar-refractivity contribution in [1.29, 1.82) is 0 Å². The van der Waals surface area contributed by atoms with Crippen molar-refractivity contribution in [3.05, 3.63) is 21.9 Å². The van der Waals surface area contributed by atoms with Crippen LogP contribution in [-0.4, -0.2) is 30.9 Å². The van der Waals surface area contributed by atoms with Gasteiger partial charge in [0.05, 0.1) is 6.54 Å². The lowest BCUT2D eigenvalue weighted by Crippen LogP contribution is -2.33. The van der Waals surface area contributed by atoms with Crippen molar-refractivity contribution in [1.82, 2.24) is 10.2 Å². The predicted molar refractivity (Wildman–Crippen MR) is 83.0 cm³/mol. The molecule has 2 rings (SSSR count). The van der Waals surface area contributed by atoms with E-state index in [1.165, 1.54) is 10.4 Å². The highest BCUT2D eigenvalue weighted by Gasteiger charge is 2.19. The van der Waals surface area contributed by atoms with Crippen LogP contribution in [0.25, 0.3) is 0 Å². The number of amides is 1. The minimum atomic E-state index is 0. The third-order valence-corrected chi connectivity index (χ3v) is 4.70. The molecule has 0 saturated carbocycles. The number of nitrogens with zero attached hydrogens (tertiary/aromatic N) is 1. The van der Waals surface area contributed by atoms with Gasteiger partial charge in [0.1, 0.15) is 0 Å². The molecule has 0 atom stereocenters. The lowest BCUT2D eigenvalue weighted by Gasteiger charge is -2.24. The molecule has 1 aromatic rings. The first-order chi connectivity index (χ1) is 8.66. The highest BCUT2D eigenvalue weighted by molar-refractivity contribution is 7.10. The number of hydrogen-bond donors (Lipinski definition) is 1. The number of nitrogens with one attached hydrogen (secondary N) is 1. The molecule has 19 heavy (non-hydrogen) atoms. The number of piperidine rings is 1. The second-order valence-corrected chi connectivity index (χ2v) is 6.17. The van der Waals surface area contributed by atoms with Crippen LogP contribution in [0.3, 0.4) is 0 Å². The van der Waals surface area contributed by atoms with Crippen molar-refractivity contribution in [3.8, 4) is 0 Å². The molecule has 5 heteroatoms. The lowest BCUT2D eigenvalue weighted by atomic mass is 9.94. The summed E-state index contributed by atoms with van der Waals surface area (Å²) in [5.41, 5.74) is 1.29. The molecule has 108 valence electrons. The van der Waals surface area contributed by atoms with E-state index in [2.05, 4.69) is 23.7 Å². The van der Waals surface area contributed by atoms with Crippen LogP contribution in [-0.2, 0) is 11.3 Å². The summed E-state index contributed by atoms with van der Waals surface area (Å²) in [7, 11) is 1.92. The third kappa shape index (κ3) is 4.79. The molecule has 1 saturated heterocycles. The third-order valence-electron chi connectivity index (χ3n) is 3.70. The summed E-state index contributed by atoms with van der Waals surface area (Å²) in [6.45, 7) is 4.99. The Bertz CT molecular complexity index is 402. The second kappa shape index (κ2) is 7.88. The topological polar surface area (TPSA) is 32.3 Å². The van der Waals surface area contributed by atoms with E-state index in [1.54, 1.807) is 11.3 Å². The first-order valence-electron chi connectivity index (χ1n) is 6.64. The van der Waals surface area contributed by atoms with Crippen LogP contribution in [0.15, 0.2) is 11.4 Å². The fourth-order valence-corrected chi connectivity index (χ4v) is 3.32. The first-order valence-corrected chi connectivity index (χ1v) is 7.52. The number of hydrogen-bond acceptors (Lipinski definition) is 3. The maximum Gasteiger partial charge on any atom is 0.222 e. The smallest absolute Gasteiger partial charge is 0.222 e. The molecule has 1 amide bonds. The van der Waals surface area contributed by atoms with Crippen molar-refractivity contribution in [3.63, 3.8) is 0 Å². The van der Waals surface area contributed by atoms with Gasteiger partial charge in [0.15, 0.2) is 0 Å². The van der Waals surface area contributed by atoms with Gasteiger partial charge in [0.25, 0.3) is 0 Å². The average molecular weight is 303 g/mol. The molecule has 0 unspecified atom stereocenters. The minimum Gasteiger partial charge on any atom is -0.341 e. The maximum atomic E-state index is 12.2. The molecule has 1 aliphatic rings. The van der Waals surface area contributed by atoms with E-state index < -0.39 is 0 Å². The van der Waals surface area contributed by atoms with Gasteiger partial charge in [-0.3, -0.25) is 4.79 Å². The van der Waals surface area contributed by atoms with Crippen LogP contribution in [0, 0.1) is 12.8 Å². The molecular formula is C14H23ClN2OS. The van der Waals surface area contributed by atoms with Gasteiger partial charge in [0.2, 0.25) is 5.91 Å². The Balaban J connectivity index is 0.00000180. The van der Waals surface area contributed by atoms with Gasteiger partial charge in [-0.15, -0.1) is 23.7 Å². The summed E-state index contributed by atoms with van der Waals surface area (Å²) in [5, 5.41) is 5.43. The van der Waals surface area contributed by atoms with Crippen molar-refractivity contribution in [2.75, 3.05) is 20.1 Å². The molecule has 0 spiro atoms. The van der Waals surface area contributed by atoms with Crippen LogP contribution in [0.5, 0.6) is 0 Å². The van der Waals surface area contributed by atoms with Crippen molar-refractivity contribution in [2.24, 2.45) is 5.92 Å². The molecular weight excluding hydrogens is 280 g/mol. The Hall–Kier alpha value is -0.580. The van der Waals surface area contributed by atoms with Crippen LogP contribution < -0.4 is 5.32 Å². The Labute approximate surface area is 125 Å². The molecule has 0 bridgehead atoms. The van der Waals surface area contributed by atoms with Crippen molar-refractivity contribution >= 4 is 29.7 Å². The molecule has 0 aliphatic carbocycles. The van der Waals surface area contributed by atoms with E-state index in [-0.39, 0.29) is 18.3 Å². The highest BCUT2D eigenvalue weighted by Crippen LogP contribution is 2.20. The quantitative estimate of drug-likeness (QED) is 0.927. The number of carbonyl (C=O) groups is 1. The number of carbonyl (C=O) groups excluding carboxylic acids is 1. The molecule has 1 fully saturated rings. The van der Waals surface area contributed by atoms with Crippen LogP contribution in [0.1, 0.15) is 29.7 Å². The van der Waals surface area contributed by atoms with Crippen molar-refractivity contribution < 1.29 is 4.79 Å². The summed E-state index contributed by atoms with van der Waals surface area (Å²) in [6, 6.07) is 2.12. The number of rotatable bonds is 4. The van der Waals surface area contributed by atoms with Gasteiger partial charge in [0, 0.05) is 18.3 Å². The standard InChI is InChI=1S/C14H22N2OS.ClH/c1-11-5-8-18-13(11)10-16(2)14(17)9-12-3-6-15-7-4-12;/h5,8,12,15H,3-4,6-7,9-10H2,1-2H3;1H. The fraction of sp³-hybridized carbons (Fsp3) is 0.643. The summed E-state index contributed by atoms with van der Waals surface area (Å²) < 4.78 is 0. The largest absolute Gasteiger partial charge is 0.341 e. The van der Waals surface area contributed by atoms with E-state index in [0.717, 1.165) is 32.5 Å². The maximum absolute atomic E-state index is 12.2. The number of halogens is 1. The molecule has 1 N–H and O–H groups in total. The molecule has 2 heterocycles. The molecule has 1 aliphatic heterocycles. The zero-order valence-electron chi connectivity index (χ0n) is 11.6. The molecule has 3 nitrogen and oxygen atoms in total. The molecule has 0 radical (unpaired) electrons. The summed E-state index contributed by atoms with van der Waals surface area (Å²) in [6.07, 6.45) is 2.98. The zero-order valence-corrected chi connectivity index (χ0v) is 13.3. The Kier molecular flexibility index (Phi) is 6.83.